The highest BCUT2D eigenvalue weighted by molar-refractivity contribution is 7.11. The van der Waals surface area contributed by atoms with E-state index in [1.807, 2.05) is 48.5 Å². The Labute approximate surface area is 279 Å². The number of benzene rings is 2. The van der Waals surface area contributed by atoms with E-state index < -0.39 is 19.9 Å². The second-order valence-corrected chi connectivity index (χ2v) is 20.1. The third kappa shape index (κ3) is 8.56. The molecule has 2 aromatic carbocycles. The summed E-state index contributed by atoms with van der Waals surface area (Å²) < 4.78 is 12.5. The molecule has 1 atom stereocenters. The van der Waals surface area contributed by atoms with Gasteiger partial charge in [0.2, 0.25) is 5.91 Å². The summed E-state index contributed by atoms with van der Waals surface area (Å²) in [5.74, 6) is -0.0227. The van der Waals surface area contributed by atoms with Crippen LogP contribution in [0, 0.1) is 0 Å². The number of fused-ring (bicyclic) bond motifs is 1. The number of piperidine rings is 1. The molecule has 246 valence electrons. The Bertz CT molecular complexity index is 1540. The van der Waals surface area contributed by atoms with Crippen LogP contribution in [0.5, 0.6) is 0 Å². The van der Waals surface area contributed by atoms with Gasteiger partial charge in [-0.25, -0.2) is 4.79 Å². The smallest absolute Gasteiger partial charge is 0.411 e. The minimum absolute atomic E-state index is 0.0227. The van der Waals surface area contributed by atoms with Crippen molar-refractivity contribution in [1.29, 1.82) is 0 Å². The third-order valence-electron chi connectivity index (χ3n) is 9.71. The molecule has 7 nitrogen and oxygen atoms in total. The van der Waals surface area contributed by atoms with Gasteiger partial charge in [0.15, 0.2) is 8.32 Å². The zero-order valence-electron chi connectivity index (χ0n) is 28.2. The number of carbonyl (C=O) groups excluding carboxylic acids is 2. The number of rotatable bonds is 10. The second kappa shape index (κ2) is 14.3. The van der Waals surface area contributed by atoms with Gasteiger partial charge in [0.05, 0.1) is 17.8 Å². The van der Waals surface area contributed by atoms with Crippen molar-refractivity contribution in [3.8, 4) is 11.1 Å². The lowest BCUT2D eigenvalue weighted by molar-refractivity contribution is -0.122. The number of nitrogens with zero attached hydrogens (tertiary/aromatic N) is 1. The van der Waals surface area contributed by atoms with Gasteiger partial charge in [0.25, 0.3) is 0 Å². The molecule has 46 heavy (non-hydrogen) atoms. The van der Waals surface area contributed by atoms with E-state index in [4.69, 9.17) is 9.16 Å². The molecular weight excluding hydrogens is 611 g/mol. The fourth-order valence-corrected chi connectivity index (χ4v) is 7.60. The lowest BCUT2D eigenvalue weighted by Gasteiger charge is -2.41. The number of hydrogen-bond acceptors (Lipinski definition) is 6. The zero-order valence-corrected chi connectivity index (χ0v) is 30.0. The summed E-state index contributed by atoms with van der Waals surface area (Å²) >= 11 is 1.72. The van der Waals surface area contributed by atoms with Gasteiger partial charge in [-0.15, -0.1) is 11.3 Å². The monoisotopic (exact) mass is 659 g/mol. The fourth-order valence-electron chi connectivity index (χ4n) is 5.73. The van der Waals surface area contributed by atoms with Crippen LogP contribution in [0.3, 0.4) is 0 Å². The van der Waals surface area contributed by atoms with Crippen LogP contribution in [0.4, 0.5) is 10.5 Å². The number of anilines is 1. The Morgan fingerprint density at radius 1 is 1.07 bits per heavy atom. The largest absolute Gasteiger partial charge is 0.446 e. The van der Waals surface area contributed by atoms with E-state index >= 15 is 0 Å². The average Bonchev–Trinajstić information content (AvgIpc) is 3.48. The van der Waals surface area contributed by atoms with Crippen LogP contribution in [0.25, 0.3) is 17.2 Å². The molecule has 9 heteroatoms. The van der Waals surface area contributed by atoms with Crippen LogP contribution in [0.15, 0.2) is 66.1 Å². The molecule has 1 saturated heterocycles. The Balaban J connectivity index is 1.28. The Kier molecular flexibility index (Phi) is 10.6. The van der Waals surface area contributed by atoms with Gasteiger partial charge < -0.3 is 19.4 Å². The third-order valence-corrected chi connectivity index (χ3v) is 15.1. The summed E-state index contributed by atoms with van der Waals surface area (Å²) in [6, 6.07) is 18.2. The molecule has 2 heterocycles. The molecule has 3 aromatic rings. The number of likely N-dealkylation sites (tertiary alicyclic amines) is 1. The predicted molar refractivity (Wildman–Crippen MR) is 192 cm³/mol. The van der Waals surface area contributed by atoms with Crippen molar-refractivity contribution in [3.05, 3.63) is 82.1 Å². The highest BCUT2D eigenvalue weighted by Gasteiger charge is 2.41. The van der Waals surface area contributed by atoms with Gasteiger partial charge in [-0.3, -0.25) is 10.1 Å². The fraction of sp³-hybridized carbons (Fsp3) is 0.459. The number of hydrogen-bond donors (Lipinski definition) is 2. The van der Waals surface area contributed by atoms with Gasteiger partial charge in [-0.1, -0.05) is 69.3 Å². The van der Waals surface area contributed by atoms with Crippen molar-refractivity contribution >= 4 is 43.4 Å². The number of amides is 2. The van der Waals surface area contributed by atoms with Crippen molar-refractivity contribution < 1.29 is 18.8 Å². The number of thiophene rings is 1. The molecule has 0 saturated carbocycles. The molecule has 2 amide bonds. The maximum Gasteiger partial charge on any atom is 0.411 e. The van der Waals surface area contributed by atoms with Crippen molar-refractivity contribution in [2.75, 3.05) is 32.1 Å². The molecule has 0 bridgehead atoms. The summed E-state index contributed by atoms with van der Waals surface area (Å²) in [5, 5.41) is 8.57. The molecule has 1 fully saturated rings. The highest BCUT2D eigenvalue weighted by Crippen LogP contribution is 2.38. The number of aryl methyl sites for hydroxylation is 1. The van der Waals surface area contributed by atoms with Crippen LogP contribution in [-0.4, -0.2) is 63.6 Å². The SMILES string of the molecule is CN1CCC(OC(=O)Nc2cc(CCC(=O)NC3(CO[Si](C)(C)C(C)(C)C)C=Cc4sccc4C3)ccc2-c2ccccc2)CC1. The molecule has 1 aliphatic heterocycles. The number of carbonyl (C=O) groups is 2. The van der Waals surface area contributed by atoms with Crippen molar-refractivity contribution in [1.82, 2.24) is 10.2 Å². The van der Waals surface area contributed by atoms with Gasteiger partial charge in [0.1, 0.15) is 6.10 Å². The van der Waals surface area contributed by atoms with E-state index in [0.717, 1.165) is 42.6 Å². The van der Waals surface area contributed by atoms with E-state index in [2.05, 4.69) is 80.0 Å². The highest BCUT2D eigenvalue weighted by atomic mass is 32.1. The standard InChI is InChI=1S/C37H49N3O4SSi/c1-36(2,3)46(5,6)43-26-37(20-16-33-29(25-37)19-23-45-33)39-34(41)15-13-27-12-14-31(28-10-8-7-9-11-28)32(24-27)38-35(42)44-30-17-21-40(4)22-18-30/h7-12,14,16,19-20,23-24,30H,13,15,17-18,21-22,25-26H2,1-6H3,(H,38,42)(H,39,41). The maximum atomic E-state index is 13.6. The van der Waals surface area contributed by atoms with E-state index in [1.165, 1.54) is 10.4 Å². The van der Waals surface area contributed by atoms with Crippen LogP contribution < -0.4 is 10.6 Å². The molecule has 1 aromatic heterocycles. The first-order chi connectivity index (χ1) is 21.8. The summed E-state index contributed by atoms with van der Waals surface area (Å²) in [5.41, 5.74) is 4.21. The second-order valence-electron chi connectivity index (χ2n) is 14.4. The minimum Gasteiger partial charge on any atom is -0.446 e. The van der Waals surface area contributed by atoms with Crippen molar-refractivity contribution in [2.45, 2.75) is 82.7 Å². The van der Waals surface area contributed by atoms with Gasteiger partial charge in [-0.2, -0.15) is 0 Å². The predicted octanol–water partition coefficient (Wildman–Crippen LogP) is 8.14. The normalized spacial score (nSPS) is 19.0. The summed E-state index contributed by atoms with van der Waals surface area (Å²) in [7, 11) is 0.0518. The lowest BCUT2D eigenvalue weighted by atomic mass is 9.87. The molecule has 5 rings (SSSR count). The van der Waals surface area contributed by atoms with Crippen LogP contribution in [-0.2, 0) is 26.8 Å². The van der Waals surface area contributed by atoms with E-state index in [9.17, 15) is 9.59 Å². The quantitative estimate of drug-likeness (QED) is 0.215. The van der Waals surface area contributed by atoms with Gasteiger partial charge >= 0.3 is 6.09 Å². The molecule has 2 aliphatic rings. The molecular formula is C37H49N3O4SSi. The van der Waals surface area contributed by atoms with Crippen molar-refractivity contribution in [2.24, 2.45) is 0 Å². The van der Waals surface area contributed by atoms with Gasteiger partial charge in [0, 0.05) is 36.4 Å². The van der Waals surface area contributed by atoms with Crippen LogP contribution in [0.2, 0.25) is 18.1 Å². The topological polar surface area (TPSA) is 79.9 Å². The van der Waals surface area contributed by atoms with Crippen molar-refractivity contribution in [3.63, 3.8) is 0 Å². The summed E-state index contributed by atoms with van der Waals surface area (Å²) in [4.78, 5) is 30.1. The average molecular weight is 660 g/mol. The minimum atomic E-state index is -2.03. The summed E-state index contributed by atoms with van der Waals surface area (Å²) in [6.07, 6.45) is 6.95. The van der Waals surface area contributed by atoms with Crippen LogP contribution in [0.1, 0.15) is 56.0 Å². The molecule has 1 aliphatic carbocycles. The maximum absolute atomic E-state index is 13.6. The van der Waals surface area contributed by atoms with Gasteiger partial charge in [-0.05, 0) is 84.7 Å². The number of ether oxygens (including phenoxy) is 1. The Hall–Kier alpha value is -3.24. The number of nitrogens with one attached hydrogen (secondary N) is 2. The van der Waals surface area contributed by atoms with E-state index in [-0.39, 0.29) is 17.0 Å². The molecule has 1 unspecified atom stereocenters. The first kappa shape index (κ1) is 34.1. The van der Waals surface area contributed by atoms with E-state index in [0.29, 0.717) is 31.6 Å². The first-order valence-electron chi connectivity index (χ1n) is 16.4. The Morgan fingerprint density at radius 3 is 2.52 bits per heavy atom. The molecule has 0 radical (unpaired) electrons. The first-order valence-corrected chi connectivity index (χ1v) is 20.2. The van der Waals surface area contributed by atoms with E-state index in [1.54, 1.807) is 11.3 Å². The molecule has 2 N–H and O–H groups in total. The Morgan fingerprint density at radius 2 is 1.80 bits per heavy atom. The lowest BCUT2D eigenvalue weighted by Crippen LogP contribution is -2.56. The zero-order chi connectivity index (χ0) is 33.0. The van der Waals surface area contributed by atoms with Crippen LogP contribution >= 0.6 is 11.3 Å². The molecule has 0 spiro atoms. The summed E-state index contributed by atoms with van der Waals surface area (Å²) in [6.45, 7) is 13.5.